The van der Waals surface area contributed by atoms with Crippen LogP contribution in [0, 0.1) is 0 Å². The monoisotopic (exact) mass is 317 g/mol. The SMILES string of the molecule is CCC(N)C(=O)N1CCC(Oc2ccc(C(F)(F)F)cn2)C1. The standard InChI is InChI=1S/C14H18F3N3O2/c1-2-11(18)13(21)20-6-5-10(8-20)22-12-4-3-9(7-19-12)14(15,16)17/h3-4,7,10-11H,2,5-6,8,18H2,1H3. The van der Waals surface area contributed by atoms with Crippen molar-refractivity contribution < 1.29 is 22.7 Å². The first-order chi connectivity index (χ1) is 10.3. The fraction of sp³-hybridized carbons (Fsp3) is 0.571. The first kappa shape index (κ1) is 16.5. The highest BCUT2D eigenvalue weighted by Crippen LogP contribution is 2.29. The summed E-state index contributed by atoms with van der Waals surface area (Å²) < 4.78 is 42.8. The van der Waals surface area contributed by atoms with Crippen molar-refractivity contribution in [2.75, 3.05) is 13.1 Å². The van der Waals surface area contributed by atoms with Gasteiger partial charge in [0.1, 0.15) is 6.10 Å². The van der Waals surface area contributed by atoms with Crippen molar-refractivity contribution in [3.63, 3.8) is 0 Å². The van der Waals surface area contributed by atoms with Crippen molar-refractivity contribution in [3.05, 3.63) is 23.9 Å². The molecule has 0 radical (unpaired) electrons. The topological polar surface area (TPSA) is 68.5 Å². The molecule has 2 heterocycles. The van der Waals surface area contributed by atoms with Crippen LogP contribution in [0.4, 0.5) is 13.2 Å². The Morgan fingerprint density at radius 1 is 1.55 bits per heavy atom. The number of alkyl halides is 3. The van der Waals surface area contributed by atoms with Gasteiger partial charge in [-0.1, -0.05) is 6.92 Å². The molecule has 0 bridgehead atoms. The smallest absolute Gasteiger partial charge is 0.417 e. The Morgan fingerprint density at radius 3 is 2.82 bits per heavy atom. The molecule has 1 aromatic rings. The number of hydrogen-bond acceptors (Lipinski definition) is 4. The molecular formula is C14H18F3N3O2. The summed E-state index contributed by atoms with van der Waals surface area (Å²) in [5, 5.41) is 0. The number of likely N-dealkylation sites (tertiary alicyclic amines) is 1. The molecule has 1 amide bonds. The summed E-state index contributed by atoms with van der Waals surface area (Å²) in [7, 11) is 0. The molecule has 1 aromatic heterocycles. The number of amides is 1. The van der Waals surface area contributed by atoms with Crippen LogP contribution in [-0.2, 0) is 11.0 Å². The van der Waals surface area contributed by atoms with Gasteiger partial charge in [0, 0.05) is 25.2 Å². The van der Waals surface area contributed by atoms with Crippen LogP contribution in [0.15, 0.2) is 18.3 Å². The highest BCUT2D eigenvalue weighted by Gasteiger charge is 2.32. The second kappa shape index (κ2) is 6.51. The number of hydrogen-bond donors (Lipinski definition) is 1. The van der Waals surface area contributed by atoms with Crippen molar-refractivity contribution in [1.82, 2.24) is 9.88 Å². The van der Waals surface area contributed by atoms with Gasteiger partial charge in [-0.05, 0) is 12.5 Å². The third-order valence-corrected chi connectivity index (χ3v) is 3.56. The third kappa shape index (κ3) is 3.88. The van der Waals surface area contributed by atoms with Crippen LogP contribution in [0.5, 0.6) is 5.88 Å². The van der Waals surface area contributed by atoms with E-state index in [1.54, 1.807) is 4.90 Å². The zero-order valence-electron chi connectivity index (χ0n) is 12.1. The van der Waals surface area contributed by atoms with E-state index in [1.165, 1.54) is 6.07 Å². The Morgan fingerprint density at radius 2 is 2.27 bits per heavy atom. The van der Waals surface area contributed by atoms with E-state index in [1.807, 2.05) is 6.92 Å². The molecule has 1 aliphatic heterocycles. The largest absolute Gasteiger partial charge is 0.472 e. The maximum atomic E-state index is 12.4. The molecule has 0 aromatic carbocycles. The Labute approximate surface area is 126 Å². The molecule has 0 saturated carbocycles. The summed E-state index contributed by atoms with van der Waals surface area (Å²) in [6.45, 7) is 2.73. The predicted octanol–water partition coefficient (Wildman–Crippen LogP) is 1.82. The molecule has 22 heavy (non-hydrogen) atoms. The minimum absolute atomic E-state index is 0.118. The van der Waals surface area contributed by atoms with Gasteiger partial charge in [-0.25, -0.2) is 4.98 Å². The van der Waals surface area contributed by atoms with Crippen LogP contribution in [0.25, 0.3) is 0 Å². The molecule has 2 unspecified atom stereocenters. The lowest BCUT2D eigenvalue weighted by molar-refractivity contribution is -0.138. The molecule has 0 aliphatic carbocycles. The molecule has 1 aliphatic rings. The van der Waals surface area contributed by atoms with Crippen LogP contribution >= 0.6 is 0 Å². The Bertz CT molecular complexity index is 519. The number of aromatic nitrogens is 1. The van der Waals surface area contributed by atoms with E-state index in [-0.39, 0.29) is 17.9 Å². The zero-order chi connectivity index (χ0) is 16.3. The van der Waals surface area contributed by atoms with E-state index in [0.29, 0.717) is 25.9 Å². The van der Waals surface area contributed by atoms with Gasteiger partial charge in [-0.15, -0.1) is 0 Å². The molecule has 1 saturated heterocycles. The number of pyridine rings is 1. The van der Waals surface area contributed by atoms with E-state index in [9.17, 15) is 18.0 Å². The molecule has 1 fully saturated rings. The van der Waals surface area contributed by atoms with Crippen molar-refractivity contribution in [2.24, 2.45) is 5.73 Å². The molecule has 0 spiro atoms. The summed E-state index contributed by atoms with van der Waals surface area (Å²) >= 11 is 0. The lowest BCUT2D eigenvalue weighted by atomic mass is 10.2. The first-order valence-electron chi connectivity index (χ1n) is 7.05. The van der Waals surface area contributed by atoms with E-state index < -0.39 is 17.8 Å². The number of carbonyl (C=O) groups is 1. The number of carbonyl (C=O) groups excluding carboxylic acids is 1. The Hall–Kier alpha value is -1.83. The number of rotatable bonds is 4. The van der Waals surface area contributed by atoms with Crippen molar-refractivity contribution >= 4 is 5.91 Å². The van der Waals surface area contributed by atoms with Gasteiger partial charge in [0.05, 0.1) is 18.2 Å². The summed E-state index contributed by atoms with van der Waals surface area (Å²) in [6.07, 6.45) is -2.80. The molecule has 2 atom stereocenters. The third-order valence-electron chi connectivity index (χ3n) is 3.56. The summed E-state index contributed by atoms with van der Waals surface area (Å²) in [6, 6.07) is 1.58. The molecular weight excluding hydrogens is 299 g/mol. The highest BCUT2D eigenvalue weighted by molar-refractivity contribution is 5.81. The van der Waals surface area contributed by atoms with Crippen LogP contribution in [0.1, 0.15) is 25.3 Å². The van der Waals surface area contributed by atoms with Gasteiger partial charge in [0.2, 0.25) is 11.8 Å². The summed E-state index contributed by atoms with van der Waals surface area (Å²) in [4.78, 5) is 17.2. The highest BCUT2D eigenvalue weighted by atomic mass is 19.4. The molecule has 2 rings (SSSR count). The average Bonchev–Trinajstić information content (AvgIpc) is 2.93. The van der Waals surface area contributed by atoms with E-state index in [0.717, 1.165) is 12.3 Å². The number of nitrogens with two attached hydrogens (primary N) is 1. The minimum atomic E-state index is -4.42. The first-order valence-corrected chi connectivity index (χ1v) is 7.05. The predicted molar refractivity (Wildman–Crippen MR) is 73.1 cm³/mol. The van der Waals surface area contributed by atoms with Crippen LogP contribution in [0.3, 0.4) is 0 Å². The van der Waals surface area contributed by atoms with Crippen molar-refractivity contribution in [2.45, 2.75) is 38.1 Å². The molecule has 8 heteroatoms. The Balaban J connectivity index is 1.92. The number of nitrogens with zero attached hydrogens (tertiary/aromatic N) is 2. The molecule has 5 nitrogen and oxygen atoms in total. The van der Waals surface area contributed by atoms with Crippen molar-refractivity contribution in [3.8, 4) is 5.88 Å². The lowest BCUT2D eigenvalue weighted by Crippen LogP contribution is -2.42. The minimum Gasteiger partial charge on any atom is -0.472 e. The van der Waals surface area contributed by atoms with Crippen LogP contribution in [0.2, 0.25) is 0 Å². The van der Waals surface area contributed by atoms with E-state index >= 15 is 0 Å². The summed E-state index contributed by atoms with van der Waals surface area (Å²) in [5.74, 6) is -0.0129. The second-order valence-electron chi connectivity index (χ2n) is 5.21. The quantitative estimate of drug-likeness (QED) is 0.920. The van der Waals surface area contributed by atoms with Crippen LogP contribution < -0.4 is 10.5 Å². The molecule has 2 N–H and O–H groups in total. The van der Waals surface area contributed by atoms with Gasteiger partial charge in [-0.3, -0.25) is 4.79 Å². The van der Waals surface area contributed by atoms with Gasteiger partial charge in [0.25, 0.3) is 0 Å². The van der Waals surface area contributed by atoms with Gasteiger partial charge in [-0.2, -0.15) is 13.2 Å². The molecule has 122 valence electrons. The summed E-state index contributed by atoms with van der Waals surface area (Å²) in [5.41, 5.74) is 4.88. The van der Waals surface area contributed by atoms with Crippen LogP contribution in [-0.4, -0.2) is 41.0 Å². The lowest BCUT2D eigenvalue weighted by Gasteiger charge is -2.20. The number of ether oxygens (including phenoxy) is 1. The Kier molecular flexibility index (Phi) is 4.90. The normalized spacial score (nSPS) is 20.0. The van der Waals surface area contributed by atoms with E-state index in [4.69, 9.17) is 10.5 Å². The van der Waals surface area contributed by atoms with Gasteiger partial charge >= 0.3 is 6.18 Å². The maximum absolute atomic E-state index is 12.4. The van der Waals surface area contributed by atoms with Gasteiger partial charge in [0.15, 0.2) is 0 Å². The van der Waals surface area contributed by atoms with E-state index in [2.05, 4.69) is 4.98 Å². The average molecular weight is 317 g/mol. The van der Waals surface area contributed by atoms with Crippen molar-refractivity contribution in [1.29, 1.82) is 0 Å². The fourth-order valence-corrected chi connectivity index (χ4v) is 2.22. The fourth-order valence-electron chi connectivity index (χ4n) is 2.22. The number of halogens is 3. The zero-order valence-corrected chi connectivity index (χ0v) is 12.1. The maximum Gasteiger partial charge on any atom is 0.417 e. The van der Waals surface area contributed by atoms with Gasteiger partial charge < -0.3 is 15.4 Å². The second-order valence-corrected chi connectivity index (χ2v) is 5.21.